The van der Waals surface area contributed by atoms with E-state index in [-0.39, 0.29) is 29.8 Å². The molecule has 2 aromatic carbocycles. The number of hydrogen-bond donors (Lipinski definition) is 2. The van der Waals surface area contributed by atoms with Crippen molar-refractivity contribution in [1.29, 1.82) is 0 Å². The van der Waals surface area contributed by atoms with Gasteiger partial charge in [-0.3, -0.25) is 9.59 Å². The first kappa shape index (κ1) is 24.3. The van der Waals surface area contributed by atoms with E-state index in [0.717, 1.165) is 43.2 Å². The van der Waals surface area contributed by atoms with Crippen molar-refractivity contribution in [3.8, 4) is 0 Å². The van der Waals surface area contributed by atoms with Crippen LogP contribution in [0.25, 0.3) is 0 Å². The lowest BCUT2D eigenvalue weighted by Gasteiger charge is -2.33. The number of likely N-dealkylation sites (N-methyl/N-ethyl adjacent to an activating group) is 1. The van der Waals surface area contributed by atoms with Crippen molar-refractivity contribution in [2.45, 2.75) is 44.2 Å². The second kappa shape index (κ2) is 10.6. The third-order valence-corrected chi connectivity index (χ3v) is 7.05. The highest BCUT2D eigenvalue weighted by atomic mass is 16.6. The van der Waals surface area contributed by atoms with Gasteiger partial charge in [0.1, 0.15) is 5.57 Å². The number of carbonyl (C=O) groups excluding carboxylic acids is 2. The van der Waals surface area contributed by atoms with Crippen molar-refractivity contribution in [2.75, 3.05) is 20.2 Å². The molecule has 2 aromatic rings. The van der Waals surface area contributed by atoms with Gasteiger partial charge in [0.25, 0.3) is 11.8 Å². The summed E-state index contributed by atoms with van der Waals surface area (Å²) in [4.78, 5) is 34.6. The predicted octanol–water partition coefficient (Wildman–Crippen LogP) is 2.54. The molecule has 2 amide bonds. The minimum absolute atomic E-state index is 0.0881. The number of nitrogens with two attached hydrogens (primary N) is 2. The van der Waals surface area contributed by atoms with Crippen LogP contribution in [0.5, 0.6) is 0 Å². The molecule has 1 aliphatic heterocycles. The average molecular weight is 476 g/mol. The van der Waals surface area contributed by atoms with Crippen molar-refractivity contribution in [3.05, 3.63) is 83.1 Å². The number of amidine groups is 1. The van der Waals surface area contributed by atoms with Crippen LogP contribution in [-0.2, 0) is 27.4 Å². The van der Waals surface area contributed by atoms with Gasteiger partial charge in [0.15, 0.2) is 12.4 Å². The molecule has 1 aliphatic carbocycles. The Morgan fingerprint density at radius 3 is 2.29 bits per heavy atom. The van der Waals surface area contributed by atoms with Crippen LogP contribution in [0.4, 0.5) is 0 Å². The number of amides is 2. The summed E-state index contributed by atoms with van der Waals surface area (Å²) in [6.07, 6.45) is 4.36. The molecule has 8 heteroatoms. The lowest BCUT2D eigenvalue weighted by Crippen LogP contribution is -2.45. The zero-order valence-corrected chi connectivity index (χ0v) is 20.2. The van der Waals surface area contributed by atoms with E-state index in [4.69, 9.17) is 16.3 Å². The monoisotopic (exact) mass is 475 g/mol. The van der Waals surface area contributed by atoms with E-state index in [9.17, 15) is 9.59 Å². The molecule has 184 valence electrons. The van der Waals surface area contributed by atoms with Crippen molar-refractivity contribution < 1.29 is 14.4 Å². The molecule has 0 aromatic heterocycles. The fraction of sp³-hybridized carbons (Fsp3) is 0.370. The van der Waals surface area contributed by atoms with E-state index >= 15 is 0 Å². The van der Waals surface area contributed by atoms with E-state index in [0.29, 0.717) is 18.8 Å². The first-order valence-electron chi connectivity index (χ1n) is 12.0. The van der Waals surface area contributed by atoms with Gasteiger partial charge in [-0.2, -0.15) is 0 Å². The normalized spacial score (nSPS) is 17.3. The van der Waals surface area contributed by atoms with Gasteiger partial charge in [0, 0.05) is 20.1 Å². The van der Waals surface area contributed by atoms with Crippen LogP contribution >= 0.6 is 0 Å². The predicted molar refractivity (Wildman–Crippen MR) is 135 cm³/mol. The van der Waals surface area contributed by atoms with E-state index in [1.54, 1.807) is 16.8 Å². The largest absolute Gasteiger partial charge is 0.399 e. The molecule has 1 fully saturated rings. The molecule has 0 saturated heterocycles. The van der Waals surface area contributed by atoms with Crippen molar-refractivity contribution >= 4 is 17.6 Å². The van der Waals surface area contributed by atoms with Gasteiger partial charge >= 0.3 is 0 Å². The maximum absolute atomic E-state index is 13.0. The van der Waals surface area contributed by atoms with Crippen LogP contribution < -0.4 is 11.5 Å². The third kappa shape index (κ3) is 5.16. The SMILES string of the molecule is CN1C(=O)C(/C(N)=N/OCC(=O)N(CCc2ccccc2)Cc2ccccc2)=C(N)C12CCCC2. The first-order valence-corrected chi connectivity index (χ1v) is 12.0. The summed E-state index contributed by atoms with van der Waals surface area (Å²) in [6, 6.07) is 19.8. The molecular weight excluding hydrogens is 442 g/mol. The summed E-state index contributed by atoms with van der Waals surface area (Å²) in [5.41, 5.74) is 14.8. The Morgan fingerprint density at radius 1 is 1.06 bits per heavy atom. The van der Waals surface area contributed by atoms with Gasteiger partial charge in [-0.15, -0.1) is 0 Å². The fourth-order valence-corrected chi connectivity index (χ4v) is 5.00. The van der Waals surface area contributed by atoms with Gasteiger partial charge in [-0.1, -0.05) is 78.7 Å². The average Bonchev–Trinajstić information content (AvgIpc) is 3.44. The van der Waals surface area contributed by atoms with Gasteiger partial charge in [-0.25, -0.2) is 0 Å². The standard InChI is InChI=1S/C27H33N5O3/c1-31-26(34)23(24(28)27(31)15-8-9-16-27)25(29)30-35-19-22(33)32(18-21-12-6-3-7-13-21)17-14-20-10-4-2-5-11-20/h2-7,10-13H,8-9,14-19,28H2,1H3,(H2,29,30). The van der Waals surface area contributed by atoms with Crippen molar-refractivity contribution in [1.82, 2.24) is 9.80 Å². The Labute approximate surface area is 206 Å². The highest BCUT2D eigenvalue weighted by molar-refractivity contribution is 6.22. The molecule has 2 aliphatic rings. The molecule has 1 spiro atoms. The van der Waals surface area contributed by atoms with Crippen LogP contribution in [0.15, 0.2) is 77.1 Å². The molecule has 0 unspecified atom stereocenters. The molecule has 1 heterocycles. The highest BCUT2D eigenvalue weighted by Gasteiger charge is 2.51. The molecule has 4 N–H and O–H groups in total. The van der Waals surface area contributed by atoms with Crippen LogP contribution in [0.2, 0.25) is 0 Å². The number of hydrogen-bond acceptors (Lipinski definition) is 5. The van der Waals surface area contributed by atoms with Crippen LogP contribution in [0.1, 0.15) is 36.8 Å². The molecule has 8 nitrogen and oxygen atoms in total. The third-order valence-electron chi connectivity index (χ3n) is 7.05. The Morgan fingerprint density at radius 2 is 1.66 bits per heavy atom. The highest BCUT2D eigenvalue weighted by Crippen LogP contribution is 2.44. The molecule has 0 bridgehead atoms. The minimum Gasteiger partial charge on any atom is -0.399 e. The van der Waals surface area contributed by atoms with Gasteiger partial charge < -0.3 is 26.1 Å². The Kier molecular flexibility index (Phi) is 7.39. The zero-order valence-electron chi connectivity index (χ0n) is 20.2. The molecule has 35 heavy (non-hydrogen) atoms. The van der Waals surface area contributed by atoms with E-state index in [1.807, 2.05) is 60.7 Å². The van der Waals surface area contributed by atoms with Crippen LogP contribution in [0, 0.1) is 0 Å². The Balaban J connectivity index is 1.42. The van der Waals surface area contributed by atoms with E-state index in [2.05, 4.69) is 5.16 Å². The van der Waals surface area contributed by atoms with E-state index < -0.39 is 5.54 Å². The lowest BCUT2D eigenvalue weighted by molar-refractivity contribution is -0.136. The summed E-state index contributed by atoms with van der Waals surface area (Å²) in [7, 11) is 1.75. The van der Waals surface area contributed by atoms with E-state index in [1.165, 1.54) is 0 Å². The summed E-state index contributed by atoms with van der Waals surface area (Å²) >= 11 is 0. The second-order valence-electron chi connectivity index (χ2n) is 9.18. The number of carbonyl (C=O) groups is 2. The quantitative estimate of drug-likeness (QED) is 0.329. The summed E-state index contributed by atoms with van der Waals surface area (Å²) in [6.45, 7) is 0.702. The zero-order chi connectivity index (χ0) is 24.8. The van der Waals surface area contributed by atoms with Crippen molar-refractivity contribution in [2.24, 2.45) is 16.6 Å². The smallest absolute Gasteiger partial charge is 0.263 e. The van der Waals surface area contributed by atoms with Crippen LogP contribution in [0.3, 0.4) is 0 Å². The van der Waals surface area contributed by atoms with Crippen LogP contribution in [-0.4, -0.2) is 53.2 Å². The fourth-order valence-electron chi connectivity index (χ4n) is 5.00. The summed E-state index contributed by atoms with van der Waals surface area (Å²) in [5.74, 6) is -0.561. The van der Waals surface area contributed by atoms with Gasteiger partial charge in [0.2, 0.25) is 0 Å². The number of oxime groups is 1. The summed E-state index contributed by atoms with van der Waals surface area (Å²) in [5, 5.41) is 3.91. The molecule has 0 radical (unpaired) electrons. The van der Waals surface area contributed by atoms with Crippen molar-refractivity contribution in [3.63, 3.8) is 0 Å². The minimum atomic E-state index is -0.480. The summed E-state index contributed by atoms with van der Waals surface area (Å²) < 4.78 is 0. The lowest BCUT2D eigenvalue weighted by atomic mass is 9.93. The topological polar surface area (TPSA) is 114 Å². The Hall–Kier alpha value is -3.81. The molecular formula is C27H33N5O3. The number of benzene rings is 2. The maximum atomic E-state index is 13.0. The van der Waals surface area contributed by atoms with Gasteiger partial charge in [-0.05, 0) is 30.4 Å². The molecule has 1 saturated carbocycles. The molecule has 0 atom stereocenters. The Bertz CT molecular complexity index is 1110. The number of rotatable bonds is 9. The molecule has 4 rings (SSSR count). The van der Waals surface area contributed by atoms with Gasteiger partial charge in [0.05, 0.1) is 11.2 Å². The maximum Gasteiger partial charge on any atom is 0.263 e. The number of nitrogens with zero attached hydrogens (tertiary/aromatic N) is 3. The first-order chi connectivity index (χ1) is 16.9. The second-order valence-corrected chi connectivity index (χ2v) is 9.18.